The van der Waals surface area contributed by atoms with E-state index < -0.39 is 13.8 Å². The van der Waals surface area contributed by atoms with Gasteiger partial charge >= 0.3 is 8.74 Å². The van der Waals surface area contributed by atoms with E-state index in [1.54, 1.807) is 13.0 Å². The molecule has 0 saturated carbocycles. The van der Waals surface area contributed by atoms with Crippen molar-refractivity contribution in [3.8, 4) is 6.07 Å². The Balaban J connectivity index is 4.54. The lowest BCUT2D eigenvalue weighted by Crippen LogP contribution is -2.33. The minimum absolute atomic E-state index is 0.235. The monoisotopic (exact) mass is 163 g/mol. The molecule has 0 bridgehead atoms. The van der Waals surface area contributed by atoms with Gasteiger partial charge in [-0.15, -0.1) is 0 Å². The van der Waals surface area contributed by atoms with Crippen molar-refractivity contribution in [3.05, 3.63) is 0 Å². The molecule has 4 heteroatoms. The molecular weight excluding hydrogens is 152 g/mol. The number of hydrogen-bond donors (Lipinski definition) is 0. The van der Waals surface area contributed by atoms with Gasteiger partial charge in [0.15, 0.2) is 0 Å². The van der Waals surface area contributed by atoms with Gasteiger partial charge in [0, 0.05) is 0 Å². The van der Waals surface area contributed by atoms with Gasteiger partial charge in [0.05, 0.1) is 6.07 Å². The van der Waals surface area contributed by atoms with Crippen molar-refractivity contribution < 1.29 is 8.22 Å². The van der Waals surface area contributed by atoms with Crippen LogP contribution in [0.25, 0.3) is 0 Å². The van der Waals surface area contributed by atoms with Gasteiger partial charge < -0.3 is 0 Å². The Bertz CT molecular complexity index is 158. The molecule has 0 rings (SSSR count). The van der Waals surface area contributed by atoms with E-state index in [9.17, 15) is 8.22 Å². The molecule has 0 aliphatic carbocycles. The lowest BCUT2D eigenvalue weighted by molar-refractivity contribution is 0.510. The maximum Gasteiger partial charge on any atom is 0.441 e. The number of hydrogen-bond acceptors (Lipinski definition) is 1. The summed E-state index contributed by atoms with van der Waals surface area (Å²) in [5.74, 6) is 0. The van der Waals surface area contributed by atoms with Crippen LogP contribution in [0.1, 0.15) is 20.3 Å². The normalized spacial score (nSPS) is 17.6. The first-order chi connectivity index (χ1) is 4.37. The second-order valence-corrected chi connectivity index (χ2v) is 5.57. The van der Waals surface area contributed by atoms with Crippen LogP contribution in [-0.4, -0.2) is 8.74 Å². The van der Waals surface area contributed by atoms with Crippen LogP contribution in [0, 0.1) is 11.3 Å². The summed E-state index contributed by atoms with van der Waals surface area (Å²) in [5.41, 5.74) is 0. The third kappa shape index (κ3) is 1.54. The summed E-state index contributed by atoms with van der Waals surface area (Å²) in [6.07, 6.45) is 0.235. The molecule has 0 radical (unpaired) electrons. The maximum absolute atomic E-state index is 12.7. The lowest BCUT2D eigenvalue weighted by Gasteiger charge is -2.23. The third-order valence-electron chi connectivity index (χ3n) is 1.92. The summed E-state index contributed by atoms with van der Waals surface area (Å²) in [7, 11) is -4.27. The van der Waals surface area contributed by atoms with Crippen molar-refractivity contribution in [3.63, 3.8) is 0 Å². The quantitative estimate of drug-likeness (QED) is 0.453. The second-order valence-electron chi connectivity index (χ2n) is 2.69. The van der Waals surface area contributed by atoms with E-state index in [0.717, 1.165) is 6.55 Å². The summed E-state index contributed by atoms with van der Waals surface area (Å²) in [5, 5.41) is 7.06. The SMILES string of the molecule is CCC(C)(C#N)[Si](C)(F)F. The first kappa shape index (κ1) is 9.57. The summed E-state index contributed by atoms with van der Waals surface area (Å²) in [6.45, 7) is 3.87. The standard InChI is InChI=1S/C6H11F2NSi/c1-4-6(2,5-9)10(3,7)8/h4H2,1-3H3. The Morgan fingerprint density at radius 1 is 1.60 bits per heavy atom. The van der Waals surface area contributed by atoms with Gasteiger partial charge in [-0.2, -0.15) is 5.26 Å². The topological polar surface area (TPSA) is 23.8 Å². The molecule has 0 aliphatic heterocycles. The van der Waals surface area contributed by atoms with Gasteiger partial charge in [-0.05, 0) is 19.9 Å². The fraction of sp³-hybridized carbons (Fsp3) is 0.833. The highest BCUT2D eigenvalue weighted by molar-refractivity contribution is 6.68. The first-order valence-electron chi connectivity index (χ1n) is 3.16. The van der Waals surface area contributed by atoms with E-state index in [0.29, 0.717) is 0 Å². The molecule has 1 unspecified atom stereocenters. The molecule has 0 aliphatic rings. The minimum Gasteiger partial charge on any atom is -0.269 e. The fourth-order valence-corrected chi connectivity index (χ4v) is 1.30. The molecule has 1 nitrogen and oxygen atoms in total. The lowest BCUT2D eigenvalue weighted by atomic mass is 10.1. The van der Waals surface area contributed by atoms with E-state index in [1.165, 1.54) is 6.92 Å². The van der Waals surface area contributed by atoms with Gasteiger partial charge in [0.2, 0.25) is 0 Å². The second kappa shape index (κ2) is 2.66. The molecule has 0 aromatic heterocycles. The smallest absolute Gasteiger partial charge is 0.269 e. The molecule has 0 heterocycles. The molecule has 0 spiro atoms. The van der Waals surface area contributed by atoms with Crippen LogP contribution in [0.5, 0.6) is 0 Å². The molecule has 0 N–H and O–H groups in total. The highest BCUT2D eigenvalue weighted by Crippen LogP contribution is 2.41. The van der Waals surface area contributed by atoms with Crippen molar-refractivity contribution in [2.24, 2.45) is 0 Å². The van der Waals surface area contributed by atoms with E-state index in [1.807, 2.05) is 0 Å². The van der Waals surface area contributed by atoms with Crippen molar-refractivity contribution in [1.29, 1.82) is 5.26 Å². The Labute approximate surface area is 61.0 Å². The van der Waals surface area contributed by atoms with Crippen LogP contribution in [0.3, 0.4) is 0 Å². The molecular formula is C6H11F2NSi. The zero-order chi connectivity index (χ0) is 8.41. The van der Waals surface area contributed by atoms with Crippen LogP contribution in [-0.2, 0) is 0 Å². The van der Waals surface area contributed by atoms with Crippen molar-refractivity contribution in [2.45, 2.75) is 31.9 Å². The molecule has 0 aromatic rings. The fourth-order valence-electron chi connectivity index (χ4n) is 0.488. The minimum atomic E-state index is -4.27. The summed E-state index contributed by atoms with van der Waals surface area (Å²) >= 11 is 0. The molecule has 1 atom stereocenters. The number of nitriles is 1. The highest BCUT2D eigenvalue weighted by atomic mass is 28.4. The highest BCUT2D eigenvalue weighted by Gasteiger charge is 2.49. The van der Waals surface area contributed by atoms with Crippen LogP contribution in [0.15, 0.2) is 0 Å². The molecule has 0 fully saturated rings. The van der Waals surface area contributed by atoms with Crippen molar-refractivity contribution >= 4 is 8.74 Å². The Morgan fingerprint density at radius 3 is 2.00 bits per heavy atom. The Kier molecular flexibility index (Phi) is 2.55. The molecule has 0 aromatic carbocycles. The van der Waals surface area contributed by atoms with E-state index in [2.05, 4.69) is 0 Å². The van der Waals surface area contributed by atoms with Gasteiger partial charge in [-0.25, -0.2) is 0 Å². The van der Waals surface area contributed by atoms with Gasteiger partial charge in [0.1, 0.15) is 5.04 Å². The number of rotatable bonds is 2. The zero-order valence-electron chi connectivity index (χ0n) is 6.41. The van der Waals surface area contributed by atoms with Crippen LogP contribution in [0.4, 0.5) is 8.22 Å². The van der Waals surface area contributed by atoms with Gasteiger partial charge in [0.25, 0.3) is 0 Å². The number of nitrogens with zero attached hydrogens (tertiary/aromatic N) is 1. The Hall–Kier alpha value is -0.433. The molecule has 0 saturated heterocycles. The maximum atomic E-state index is 12.7. The number of halogens is 2. The van der Waals surface area contributed by atoms with Crippen LogP contribution in [0.2, 0.25) is 11.6 Å². The van der Waals surface area contributed by atoms with E-state index in [4.69, 9.17) is 5.26 Å². The predicted molar refractivity (Wildman–Crippen MR) is 38.1 cm³/mol. The molecule has 58 valence electrons. The van der Waals surface area contributed by atoms with Gasteiger partial charge in [-0.3, -0.25) is 8.22 Å². The average molecular weight is 163 g/mol. The molecule has 0 amide bonds. The average Bonchev–Trinajstić information content (AvgIpc) is 1.84. The summed E-state index contributed by atoms with van der Waals surface area (Å²) < 4.78 is 25.4. The van der Waals surface area contributed by atoms with Crippen LogP contribution < -0.4 is 0 Å². The van der Waals surface area contributed by atoms with Crippen molar-refractivity contribution in [2.75, 3.05) is 0 Å². The summed E-state index contributed by atoms with van der Waals surface area (Å²) in [6, 6.07) is 1.68. The van der Waals surface area contributed by atoms with Crippen LogP contribution >= 0.6 is 0 Å². The zero-order valence-corrected chi connectivity index (χ0v) is 7.41. The predicted octanol–water partition coefficient (Wildman–Crippen LogP) is 2.69. The molecule has 10 heavy (non-hydrogen) atoms. The first-order valence-corrected chi connectivity index (χ1v) is 5.42. The Morgan fingerprint density at radius 2 is 2.00 bits per heavy atom. The largest absolute Gasteiger partial charge is 0.441 e. The van der Waals surface area contributed by atoms with Gasteiger partial charge in [-0.1, -0.05) is 6.92 Å². The van der Waals surface area contributed by atoms with E-state index >= 15 is 0 Å². The summed E-state index contributed by atoms with van der Waals surface area (Å²) in [4.78, 5) is 0. The third-order valence-corrected chi connectivity index (χ3v) is 4.33. The van der Waals surface area contributed by atoms with E-state index in [-0.39, 0.29) is 6.42 Å². The van der Waals surface area contributed by atoms with Crippen molar-refractivity contribution in [1.82, 2.24) is 0 Å².